The van der Waals surface area contributed by atoms with Crippen molar-refractivity contribution in [2.45, 2.75) is 6.92 Å². The molecule has 0 radical (unpaired) electrons. The number of carbonyl (C=O) groups excluding carboxylic acids is 1. The van der Waals surface area contributed by atoms with Crippen LogP contribution in [0.2, 0.25) is 0 Å². The van der Waals surface area contributed by atoms with Crippen LogP contribution in [0, 0.1) is 12.7 Å². The van der Waals surface area contributed by atoms with E-state index in [2.05, 4.69) is 9.69 Å². The van der Waals surface area contributed by atoms with Crippen LogP contribution in [0.1, 0.15) is 5.69 Å². The summed E-state index contributed by atoms with van der Waals surface area (Å²) in [5.41, 5.74) is 1.48. The first-order valence-electron chi connectivity index (χ1n) is 6.38. The first kappa shape index (κ1) is 15.2. The zero-order chi connectivity index (χ0) is 15.2. The average Bonchev–Trinajstić information content (AvgIpc) is 2.86. The van der Waals surface area contributed by atoms with E-state index in [1.54, 1.807) is 30.6 Å². The van der Waals surface area contributed by atoms with E-state index < -0.39 is 5.82 Å². The van der Waals surface area contributed by atoms with Gasteiger partial charge in [-0.1, -0.05) is 12.1 Å². The van der Waals surface area contributed by atoms with Crippen LogP contribution in [0.3, 0.4) is 0 Å². The summed E-state index contributed by atoms with van der Waals surface area (Å²) >= 11 is 1.29. The van der Waals surface area contributed by atoms with E-state index in [0.29, 0.717) is 12.2 Å². The summed E-state index contributed by atoms with van der Waals surface area (Å²) in [5, 5.41) is 4.53. The van der Waals surface area contributed by atoms with Crippen molar-refractivity contribution in [3.8, 4) is 5.75 Å². The summed E-state index contributed by atoms with van der Waals surface area (Å²) in [4.78, 5) is 13.4. The molecule has 0 spiro atoms. The van der Waals surface area contributed by atoms with Gasteiger partial charge in [-0.05, 0) is 30.6 Å². The molecule has 7 heteroatoms. The van der Waals surface area contributed by atoms with Crippen LogP contribution < -0.4 is 10.1 Å². The van der Waals surface area contributed by atoms with Crippen LogP contribution in [0.5, 0.6) is 5.75 Å². The molecule has 1 N–H and O–H groups in total. The van der Waals surface area contributed by atoms with E-state index in [0.717, 1.165) is 5.69 Å². The Morgan fingerprint density at radius 1 is 1.48 bits per heavy atom. The molecule has 0 atom stereocenters. The molecule has 1 heterocycles. The Labute approximate surface area is 126 Å². The maximum absolute atomic E-state index is 13.3. The number of hydrogen-bond acceptors (Lipinski definition) is 4. The molecule has 2 amide bonds. The quantitative estimate of drug-likeness (QED) is 0.923. The normalized spacial score (nSPS) is 10.2. The van der Waals surface area contributed by atoms with E-state index in [9.17, 15) is 9.18 Å². The number of hydrogen-bond donors (Lipinski definition) is 1. The van der Waals surface area contributed by atoms with Gasteiger partial charge >= 0.3 is 6.03 Å². The lowest BCUT2D eigenvalue weighted by Gasteiger charge is -2.18. The number of amides is 2. The van der Waals surface area contributed by atoms with Gasteiger partial charge in [0, 0.05) is 12.4 Å². The average molecular weight is 309 g/mol. The number of likely N-dealkylation sites (N-methyl/N-ethyl adjacent to an activating group) is 1. The molecule has 0 aliphatic carbocycles. The summed E-state index contributed by atoms with van der Waals surface area (Å²) in [6, 6.07) is 5.92. The maximum atomic E-state index is 13.3. The Hall–Kier alpha value is -2.15. The third-order valence-electron chi connectivity index (χ3n) is 2.86. The molecule has 1 aromatic carbocycles. The SMILES string of the molecule is Cc1nscc1NC(=O)N(C)CCOc1ccccc1F. The third-order valence-corrected chi connectivity index (χ3v) is 3.58. The van der Waals surface area contributed by atoms with Crippen molar-refractivity contribution < 1.29 is 13.9 Å². The highest BCUT2D eigenvalue weighted by Gasteiger charge is 2.11. The van der Waals surface area contributed by atoms with E-state index in [1.807, 2.05) is 6.92 Å². The van der Waals surface area contributed by atoms with Crippen LogP contribution in [0.15, 0.2) is 29.6 Å². The third kappa shape index (κ3) is 4.16. The molecule has 2 rings (SSSR count). The first-order chi connectivity index (χ1) is 10.1. The van der Waals surface area contributed by atoms with Gasteiger partial charge in [-0.2, -0.15) is 4.37 Å². The smallest absolute Gasteiger partial charge is 0.321 e. The van der Waals surface area contributed by atoms with Gasteiger partial charge in [0.05, 0.1) is 17.9 Å². The van der Waals surface area contributed by atoms with Gasteiger partial charge in [-0.3, -0.25) is 0 Å². The Bertz CT molecular complexity index is 618. The first-order valence-corrected chi connectivity index (χ1v) is 7.22. The highest BCUT2D eigenvalue weighted by molar-refractivity contribution is 7.04. The summed E-state index contributed by atoms with van der Waals surface area (Å²) in [6.07, 6.45) is 0. The molecule has 0 aliphatic heterocycles. The number of para-hydroxylation sites is 1. The standard InChI is InChI=1S/C14H16FN3O2S/c1-10-12(9-21-17-10)16-14(19)18(2)7-8-20-13-6-4-3-5-11(13)15/h3-6,9H,7-8H2,1-2H3,(H,16,19). The second-order valence-electron chi connectivity index (χ2n) is 4.44. The van der Waals surface area contributed by atoms with Crippen molar-refractivity contribution in [1.29, 1.82) is 0 Å². The number of urea groups is 1. The Morgan fingerprint density at radius 3 is 2.90 bits per heavy atom. The lowest BCUT2D eigenvalue weighted by molar-refractivity contribution is 0.206. The van der Waals surface area contributed by atoms with Crippen LogP contribution in [0.4, 0.5) is 14.9 Å². The second kappa shape index (κ2) is 7.03. The number of nitrogens with zero attached hydrogens (tertiary/aromatic N) is 2. The van der Waals surface area contributed by atoms with Gasteiger partial charge in [0.15, 0.2) is 11.6 Å². The fourth-order valence-corrected chi connectivity index (χ4v) is 2.22. The topological polar surface area (TPSA) is 54.5 Å². The summed E-state index contributed by atoms with van der Waals surface area (Å²) in [5.74, 6) is -0.228. The van der Waals surface area contributed by atoms with Crippen molar-refractivity contribution in [2.24, 2.45) is 0 Å². The van der Waals surface area contributed by atoms with E-state index in [4.69, 9.17) is 4.74 Å². The lowest BCUT2D eigenvalue weighted by atomic mass is 10.3. The zero-order valence-electron chi connectivity index (χ0n) is 11.8. The fraction of sp³-hybridized carbons (Fsp3) is 0.286. The number of aryl methyl sites for hydroxylation is 1. The zero-order valence-corrected chi connectivity index (χ0v) is 12.6. The molecule has 112 valence electrons. The molecule has 0 unspecified atom stereocenters. The van der Waals surface area contributed by atoms with Crippen molar-refractivity contribution in [2.75, 3.05) is 25.5 Å². The molecule has 0 saturated carbocycles. The molecule has 21 heavy (non-hydrogen) atoms. The number of benzene rings is 1. The summed E-state index contributed by atoms with van der Waals surface area (Å²) < 4.78 is 22.7. The van der Waals surface area contributed by atoms with E-state index in [-0.39, 0.29) is 18.4 Å². The van der Waals surface area contributed by atoms with Gasteiger partial charge in [0.25, 0.3) is 0 Å². The van der Waals surface area contributed by atoms with Crippen molar-refractivity contribution in [3.63, 3.8) is 0 Å². The molecule has 5 nitrogen and oxygen atoms in total. The minimum Gasteiger partial charge on any atom is -0.489 e. The van der Waals surface area contributed by atoms with Gasteiger partial charge in [-0.15, -0.1) is 0 Å². The van der Waals surface area contributed by atoms with Crippen LogP contribution >= 0.6 is 11.5 Å². The van der Waals surface area contributed by atoms with Crippen molar-refractivity contribution in [3.05, 3.63) is 41.2 Å². The van der Waals surface area contributed by atoms with Crippen molar-refractivity contribution in [1.82, 2.24) is 9.27 Å². The number of halogens is 1. The van der Waals surface area contributed by atoms with Crippen LogP contribution in [0.25, 0.3) is 0 Å². The molecular weight excluding hydrogens is 293 g/mol. The number of rotatable bonds is 5. The molecular formula is C14H16FN3O2S. The summed E-state index contributed by atoms with van der Waals surface area (Å²) in [7, 11) is 1.65. The Balaban J connectivity index is 1.79. The monoisotopic (exact) mass is 309 g/mol. The predicted molar refractivity (Wildman–Crippen MR) is 80.4 cm³/mol. The number of ether oxygens (including phenoxy) is 1. The summed E-state index contributed by atoms with van der Waals surface area (Å²) in [6.45, 7) is 2.38. The van der Waals surface area contributed by atoms with Gasteiger partial charge in [0.2, 0.25) is 0 Å². The van der Waals surface area contributed by atoms with E-state index in [1.165, 1.54) is 22.5 Å². The van der Waals surface area contributed by atoms with Gasteiger partial charge in [-0.25, -0.2) is 9.18 Å². The minimum absolute atomic E-state index is 0.184. The minimum atomic E-state index is -0.412. The Morgan fingerprint density at radius 2 is 2.24 bits per heavy atom. The van der Waals surface area contributed by atoms with E-state index >= 15 is 0 Å². The largest absolute Gasteiger partial charge is 0.489 e. The molecule has 0 aliphatic rings. The molecule has 0 fully saturated rings. The molecule has 0 saturated heterocycles. The van der Waals surface area contributed by atoms with Gasteiger partial charge in [0.1, 0.15) is 6.61 Å². The Kier molecular flexibility index (Phi) is 5.10. The van der Waals surface area contributed by atoms with Crippen LogP contribution in [-0.4, -0.2) is 35.5 Å². The second-order valence-corrected chi connectivity index (χ2v) is 5.07. The highest BCUT2D eigenvalue weighted by atomic mass is 32.1. The number of aromatic nitrogens is 1. The van der Waals surface area contributed by atoms with Gasteiger partial charge < -0.3 is 15.0 Å². The van der Waals surface area contributed by atoms with Crippen LogP contribution in [-0.2, 0) is 0 Å². The van der Waals surface area contributed by atoms with Crippen molar-refractivity contribution >= 4 is 23.3 Å². The predicted octanol–water partition coefficient (Wildman–Crippen LogP) is 3.13. The molecule has 0 bridgehead atoms. The number of carbonyl (C=O) groups is 1. The highest BCUT2D eigenvalue weighted by Crippen LogP contribution is 2.16. The fourth-order valence-electron chi connectivity index (χ4n) is 1.58. The number of anilines is 1. The molecule has 1 aromatic heterocycles. The molecule has 2 aromatic rings. The maximum Gasteiger partial charge on any atom is 0.321 e. The lowest BCUT2D eigenvalue weighted by Crippen LogP contribution is -2.34. The number of nitrogens with one attached hydrogen (secondary N) is 1.